The van der Waals surface area contributed by atoms with Crippen LogP contribution in [0.5, 0.6) is 23.0 Å². The Kier molecular flexibility index (Phi) is 46.9. The molecular formula is C71H111F10NO22. The van der Waals surface area contributed by atoms with Gasteiger partial charge in [0.25, 0.3) is 5.91 Å². The van der Waals surface area contributed by atoms with Crippen molar-refractivity contribution >= 4 is 23.8 Å². The van der Waals surface area contributed by atoms with Gasteiger partial charge in [0, 0.05) is 38.0 Å². The standard InChI is InChI=1S/C71H111F10NO22/c1-10-66(6,51-96-41-40-89-26-20-60(83)104-65(3,4)5)52-103-67(7,11-2)53-102-61-58(98-44-42-94-38-36-92-34-32-90-30-28-87-8)49-54(50-59(61)99-45-43-95-39-37-93-35-33-91-31-29-88-9)62(84)82-23-27-97-57-47-55(63(85)100-24-18-14-12-16-21-68(72,73)70(76,77)78)46-56(48-57)64(86)101-25-19-15-13-17-22-69(74,75)71(79,80)81/h46-50H,10-45,51-53H2,1-9H3,(H,82,84). The van der Waals surface area contributed by atoms with Gasteiger partial charge >= 0.3 is 42.1 Å². The van der Waals surface area contributed by atoms with E-state index in [4.69, 9.17) is 85.3 Å². The predicted molar refractivity (Wildman–Crippen MR) is 360 cm³/mol. The summed E-state index contributed by atoms with van der Waals surface area (Å²) in [6.45, 7) is 17.6. The third kappa shape index (κ3) is 42.1. The van der Waals surface area contributed by atoms with Gasteiger partial charge in [-0.25, -0.2) is 9.59 Å². The molecule has 1 amide bonds. The third-order valence-electron chi connectivity index (χ3n) is 15.3. The number of unbranched alkanes of at least 4 members (excludes halogenated alkanes) is 6. The summed E-state index contributed by atoms with van der Waals surface area (Å²) >= 11 is 0. The van der Waals surface area contributed by atoms with Crippen LogP contribution in [0.1, 0.15) is 163 Å². The van der Waals surface area contributed by atoms with Crippen molar-refractivity contribution in [1.29, 1.82) is 0 Å². The molecule has 0 saturated carbocycles. The number of ether oxygens (including phenoxy) is 18. The topological polar surface area (TPSA) is 246 Å². The van der Waals surface area contributed by atoms with Crippen LogP contribution in [-0.2, 0) is 71.1 Å². The fourth-order valence-corrected chi connectivity index (χ4v) is 8.74. The van der Waals surface area contributed by atoms with E-state index >= 15 is 0 Å². The molecule has 1 N–H and O–H groups in total. The van der Waals surface area contributed by atoms with Crippen molar-refractivity contribution in [2.75, 3.05) is 186 Å². The van der Waals surface area contributed by atoms with E-state index in [2.05, 4.69) is 5.32 Å². The van der Waals surface area contributed by atoms with E-state index in [-0.39, 0.29) is 203 Å². The first-order chi connectivity index (χ1) is 49.2. The minimum Gasteiger partial charge on any atom is -0.492 e. The van der Waals surface area contributed by atoms with Crippen LogP contribution < -0.4 is 24.3 Å². The fourth-order valence-electron chi connectivity index (χ4n) is 8.74. The van der Waals surface area contributed by atoms with Gasteiger partial charge in [-0.1, -0.05) is 46.5 Å². The maximum Gasteiger partial charge on any atom is 0.453 e. The maximum atomic E-state index is 14.3. The van der Waals surface area contributed by atoms with Crippen molar-refractivity contribution in [3.8, 4) is 23.0 Å². The molecule has 2 aromatic carbocycles. The first-order valence-electron chi connectivity index (χ1n) is 35.1. The van der Waals surface area contributed by atoms with Crippen molar-refractivity contribution in [3.63, 3.8) is 0 Å². The molecule has 0 fully saturated rings. The highest BCUT2D eigenvalue weighted by molar-refractivity contribution is 5.96. The summed E-state index contributed by atoms with van der Waals surface area (Å²) in [6, 6.07) is 6.41. The Bertz CT molecular complexity index is 2550. The molecule has 23 nitrogen and oxygen atoms in total. The Balaban J connectivity index is 2.44. The van der Waals surface area contributed by atoms with Gasteiger partial charge in [0.2, 0.25) is 5.75 Å². The van der Waals surface area contributed by atoms with E-state index in [1.807, 2.05) is 27.7 Å². The van der Waals surface area contributed by atoms with Gasteiger partial charge in [0.05, 0.1) is 168 Å². The van der Waals surface area contributed by atoms with Crippen molar-refractivity contribution in [1.82, 2.24) is 5.32 Å². The Morgan fingerprint density at radius 2 is 0.817 bits per heavy atom. The van der Waals surface area contributed by atoms with Gasteiger partial charge in [-0.2, -0.15) is 43.9 Å². The zero-order valence-electron chi connectivity index (χ0n) is 61.7. The van der Waals surface area contributed by atoms with Crippen LogP contribution in [0.3, 0.4) is 0 Å². The summed E-state index contributed by atoms with van der Waals surface area (Å²) in [4.78, 5) is 53.1. The van der Waals surface area contributed by atoms with E-state index in [0.717, 1.165) is 6.07 Å². The molecule has 602 valence electrons. The second-order valence-electron chi connectivity index (χ2n) is 25.6. The number of halogens is 10. The van der Waals surface area contributed by atoms with Gasteiger partial charge in [0.15, 0.2) is 11.5 Å². The Morgan fingerprint density at radius 3 is 1.23 bits per heavy atom. The van der Waals surface area contributed by atoms with Crippen LogP contribution in [0.15, 0.2) is 30.3 Å². The number of carbonyl (C=O) groups is 4. The van der Waals surface area contributed by atoms with Gasteiger partial charge in [-0.15, -0.1) is 0 Å². The second-order valence-corrected chi connectivity index (χ2v) is 25.6. The zero-order valence-corrected chi connectivity index (χ0v) is 61.7. The molecule has 0 aliphatic rings. The number of hydrogen-bond donors (Lipinski definition) is 1. The van der Waals surface area contributed by atoms with Crippen LogP contribution in [0.4, 0.5) is 43.9 Å². The Hall–Kier alpha value is -5.62. The van der Waals surface area contributed by atoms with Crippen molar-refractivity contribution in [2.24, 2.45) is 5.41 Å². The van der Waals surface area contributed by atoms with Crippen molar-refractivity contribution in [3.05, 3.63) is 47.0 Å². The lowest BCUT2D eigenvalue weighted by molar-refractivity contribution is -0.284. The number of amides is 1. The summed E-state index contributed by atoms with van der Waals surface area (Å²) in [5.41, 5.74) is -2.41. The number of hydrogen-bond acceptors (Lipinski definition) is 22. The number of rotatable bonds is 63. The highest BCUT2D eigenvalue weighted by Gasteiger charge is 2.57. The summed E-state index contributed by atoms with van der Waals surface area (Å²) in [7, 11) is 3.15. The molecule has 0 aromatic heterocycles. The van der Waals surface area contributed by atoms with E-state index in [9.17, 15) is 63.1 Å². The van der Waals surface area contributed by atoms with E-state index in [1.165, 1.54) is 24.3 Å². The maximum absolute atomic E-state index is 14.3. The normalized spacial score (nSPS) is 13.5. The van der Waals surface area contributed by atoms with Gasteiger partial charge in [0.1, 0.15) is 37.8 Å². The Morgan fingerprint density at radius 1 is 0.404 bits per heavy atom. The molecule has 0 spiro atoms. The quantitative estimate of drug-likeness (QED) is 0.0280. The highest BCUT2D eigenvalue weighted by Crippen LogP contribution is 2.42. The molecule has 0 radical (unpaired) electrons. The van der Waals surface area contributed by atoms with Gasteiger partial charge < -0.3 is 90.6 Å². The molecule has 2 rings (SSSR count). The minimum absolute atomic E-state index is 0.0290. The average molecular weight is 1520 g/mol. The molecule has 2 unspecified atom stereocenters. The molecular weight excluding hydrogens is 1410 g/mol. The molecule has 2 aromatic rings. The van der Waals surface area contributed by atoms with Crippen LogP contribution in [-0.4, -0.2) is 245 Å². The van der Waals surface area contributed by atoms with Gasteiger partial charge in [-0.05, 0) is 96.6 Å². The van der Waals surface area contributed by atoms with Gasteiger partial charge in [-0.3, -0.25) is 9.59 Å². The number of nitrogens with one attached hydrogen (secondary N) is 1. The Labute approximate surface area is 604 Å². The SMILES string of the molecule is CCC(C)(COCCOCCC(=O)OC(C)(C)C)COC(C)(CC)COc1c(OCCOCCOCCOCCOC)cc(C(=O)NCCOc2cc(C(=O)OCCCCCCC(F)(F)C(F)(F)F)cc(C(=O)OCCCCCCC(F)(F)C(F)(F)F)c2)cc1OCCOCCOCCOCCOC. The smallest absolute Gasteiger partial charge is 0.453 e. The zero-order chi connectivity index (χ0) is 77.4. The van der Waals surface area contributed by atoms with Crippen LogP contribution >= 0.6 is 0 Å². The van der Waals surface area contributed by atoms with Crippen LogP contribution in [0.2, 0.25) is 0 Å². The number of benzene rings is 2. The lowest BCUT2D eigenvalue weighted by Gasteiger charge is -2.35. The molecule has 33 heteroatoms. The average Bonchev–Trinajstić information content (AvgIpc) is 0.816. The highest BCUT2D eigenvalue weighted by atomic mass is 19.4. The van der Waals surface area contributed by atoms with E-state index in [1.54, 1.807) is 35.0 Å². The molecule has 0 bridgehead atoms. The summed E-state index contributed by atoms with van der Waals surface area (Å²) in [6.07, 6.45) is -13.5. The lowest BCUT2D eigenvalue weighted by Crippen LogP contribution is -2.40. The third-order valence-corrected chi connectivity index (χ3v) is 15.3. The molecule has 104 heavy (non-hydrogen) atoms. The predicted octanol–water partition coefficient (Wildman–Crippen LogP) is 13.0. The summed E-state index contributed by atoms with van der Waals surface area (Å²) in [5, 5.41) is 2.76. The summed E-state index contributed by atoms with van der Waals surface area (Å²) < 4.78 is 233. The van der Waals surface area contributed by atoms with E-state index in [0.29, 0.717) is 72.3 Å². The first-order valence-corrected chi connectivity index (χ1v) is 35.1. The van der Waals surface area contributed by atoms with Crippen LogP contribution in [0.25, 0.3) is 0 Å². The number of methoxy groups -OCH3 is 2. The fraction of sp³-hybridized carbons (Fsp3) is 0.775. The molecule has 0 heterocycles. The second kappa shape index (κ2) is 51.6. The molecule has 0 aliphatic carbocycles. The monoisotopic (exact) mass is 1520 g/mol. The number of carbonyl (C=O) groups excluding carboxylic acids is 4. The molecule has 0 aliphatic heterocycles. The number of esters is 3. The van der Waals surface area contributed by atoms with Crippen molar-refractivity contribution < 1.29 is 148 Å². The molecule has 0 saturated heterocycles. The van der Waals surface area contributed by atoms with E-state index < -0.39 is 84.3 Å². The molecule has 2 atom stereocenters. The summed E-state index contributed by atoms with van der Waals surface area (Å²) in [5.74, 6) is -12.5. The first kappa shape index (κ1) is 94.5. The lowest BCUT2D eigenvalue weighted by atomic mass is 9.89. The minimum atomic E-state index is -5.69. The van der Waals surface area contributed by atoms with Crippen LogP contribution in [0, 0.1) is 5.41 Å². The number of alkyl halides is 10. The largest absolute Gasteiger partial charge is 0.492 e. The van der Waals surface area contributed by atoms with Crippen molar-refractivity contribution in [2.45, 2.75) is 167 Å².